The van der Waals surface area contributed by atoms with Crippen molar-refractivity contribution >= 4 is 11.9 Å². The van der Waals surface area contributed by atoms with E-state index in [1.165, 1.54) is 76.3 Å². The summed E-state index contributed by atoms with van der Waals surface area (Å²) < 4.78 is 14.5. The third kappa shape index (κ3) is 4.15. The number of carbonyl (C=O) groups excluding carboxylic acids is 2. The Morgan fingerprint density at radius 3 is 2.64 bits per heavy atom. The van der Waals surface area contributed by atoms with Crippen LogP contribution in [0.3, 0.4) is 0 Å². The fourth-order valence-electron chi connectivity index (χ4n) is 20.8. The van der Waals surface area contributed by atoms with Gasteiger partial charge in [-0.15, -0.1) is 0 Å². The van der Waals surface area contributed by atoms with Gasteiger partial charge in [-0.1, -0.05) is 74.1 Å². The lowest BCUT2D eigenvalue weighted by Crippen LogP contribution is -2.78. The lowest BCUT2D eigenvalue weighted by atomic mass is 9.26. The largest absolute Gasteiger partial charge is 0.508 e. The van der Waals surface area contributed by atoms with E-state index >= 15 is 9.59 Å². The van der Waals surface area contributed by atoms with E-state index in [9.17, 15) is 5.11 Å². The summed E-state index contributed by atoms with van der Waals surface area (Å²) in [6, 6.07) is 7.68. The van der Waals surface area contributed by atoms with Crippen molar-refractivity contribution in [3.05, 3.63) is 80.5 Å². The molecule has 3 saturated carbocycles. The molecule has 7 heterocycles. The number of hydrogen-bond acceptors (Lipinski definition) is 8. The van der Waals surface area contributed by atoms with Crippen LogP contribution in [0.25, 0.3) is 0 Å². The van der Waals surface area contributed by atoms with Crippen molar-refractivity contribution in [2.75, 3.05) is 19.6 Å². The number of aliphatic hydroxyl groups excluding tert-OH is 1. The van der Waals surface area contributed by atoms with Crippen molar-refractivity contribution in [1.29, 1.82) is 0 Å². The molecule has 9 bridgehead atoms. The van der Waals surface area contributed by atoms with Gasteiger partial charge in [0.2, 0.25) is 0 Å². The van der Waals surface area contributed by atoms with Crippen molar-refractivity contribution in [3.63, 3.8) is 0 Å². The smallest absolute Gasteiger partial charge is 0.339 e. The van der Waals surface area contributed by atoms with E-state index in [4.69, 9.17) is 15.2 Å². The van der Waals surface area contributed by atoms with E-state index in [0.717, 1.165) is 62.6 Å². The van der Waals surface area contributed by atoms with Crippen LogP contribution >= 0.6 is 0 Å². The van der Waals surface area contributed by atoms with Gasteiger partial charge in [0.1, 0.15) is 11.2 Å². The summed E-state index contributed by atoms with van der Waals surface area (Å²) in [5.74, 6) is 3.05. The highest BCUT2D eigenvalue weighted by molar-refractivity contribution is 6.00. The summed E-state index contributed by atoms with van der Waals surface area (Å²) in [4.78, 5) is 37.4. The summed E-state index contributed by atoms with van der Waals surface area (Å²) in [7, 11) is 0. The predicted octanol–water partition coefficient (Wildman–Crippen LogP) is 9.80. The number of esters is 2. The molecule has 3 N–H and O–H groups in total. The summed E-state index contributed by atoms with van der Waals surface area (Å²) in [6.45, 7) is 7.81. The second kappa shape index (κ2) is 12.8. The molecule has 14 aliphatic rings. The van der Waals surface area contributed by atoms with Crippen molar-refractivity contribution in [2.45, 2.75) is 160 Å². The first-order chi connectivity index (χ1) is 31.2. The normalized spacial score (nSPS) is 49.7. The lowest BCUT2D eigenvalue weighted by molar-refractivity contribution is -0.283. The molecule has 4 saturated heterocycles. The molecular formula is C56H69N3O5. The van der Waals surface area contributed by atoms with Gasteiger partial charge in [-0.25, -0.2) is 4.79 Å². The molecule has 7 aliphatic carbocycles. The van der Waals surface area contributed by atoms with Gasteiger partial charge in [-0.2, -0.15) is 0 Å². The number of carbonyl (C=O) groups is 2. The Balaban J connectivity index is 1.06. The molecule has 64 heavy (non-hydrogen) atoms. The number of ether oxygens (including phenoxy) is 2. The molecule has 0 unspecified atom stereocenters. The van der Waals surface area contributed by atoms with Crippen LogP contribution in [0, 0.1) is 69.5 Å². The Bertz CT molecular complexity index is 2460. The van der Waals surface area contributed by atoms with E-state index in [1.807, 2.05) is 0 Å². The summed E-state index contributed by atoms with van der Waals surface area (Å²) in [5.41, 5.74) is 13.7. The molecule has 8 nitrogen and oxygen atoms in total. The summed E-state index contributed by atoms with van der Waals surface area (Å²) >= 11 is 0. The highest BCUT2D eigenvalue weighted by atomic mass is 16.6. The molecule has 0 amide bonds. The van der Waals surface area contributed by atoms with E-state index in [0.29, 0.717) is 78.1 Å². The zero-order valence-electron chi connectivity index (χ0n) is 38.3. The molecule has 0 aromatic heterocycles. The van der Waals surface area contributed by atoms with Crippen molar-refractivity contribution in [1.82, 2.24) is 9.80 Å². The Kier molecular flexibility index (Phi) is 7.74. The van der Waals surface area contributed by atoms with Crippen molar-refractivity contribution in [2.24, 2.45) is 75.2 Å². The lowest BCUT2D eigenvalue weighted by Gasteiger charge is -2.74. The second-order valence-electron chi connectivity index (χ2n) is 24.5. The number of fused-ring (bicyclic) bond motifs is 8. The Morgan fingerprint density at radius 1 is 0.922 bits per heavy atom. The topological polar surface area (TPSA) is 105 Å². The fraction of sp³-hybridized carbons (Fsp3) is 0.714. The molecule has 4 spiro atoms. The summed E-state index contributed by atoms with van der Waals surface area (Å²) in [6.07, 6.45) is 23.0. The molecule has 7 fully saturated rings. The number of nitrogens with zero attached hydrogens (tertiary/aromatic N) is 2. The molecule has 1 aromatic rings. The van der Waals surface area contributed by atoms with E-state index in [-0.39, 0.29) is 47.1 Å². The quantitative estimate of drug-likeness (QED) is 0.228. The van der Waals surface area contributed by atoms with Gasteiger partial charge in [0, 0.05) is 66.1 Å². The van der Waals surface area contributed by atoms with Gasteiger partial charge in [-0.3, -0.25) is 9.69 Å². The number of allylic oxidation sites excluding steroid dienone is 4. The zero-order chi connectivity index (χ0) is 42.8. The zero-order valence-corrected chi connectivity index (χ0v) is 38.3. The maximum absolute atomic E-state index is 16.3. The van der Waals surface area contributed by atoms with Gasteiger partial charge in [-0.05, 0) is 155 Å². The number of rotatable bonds is 4. The highest BCUT2D eigenvalue weighted by Gasteiger charge is 2.94. The average molecular weight is 864 g/mol. The van der Waals surface area contributed by atoms with Crippen LogP contribution in [0.15, 0.2) is 63.8 Å². The third-order valence-electron chi connectivity index (χ3n) is 22.6. The number of aryl methyl sites for hydroxylation is 1. The van der Waals surface area contributed by atoms with Gasteiger partial charge in [0.25, 0.3) is 0 Å². The van der Waals surface area contributed by atoms with Gasteiger partial charge < -0.3 is 25.2 Å². The molecule has 15 atom stereocenters. The molecule has 0 radical (unpaired) electrons. The van der Waals surface area contributed by atoms with E-state index < -0.39 is 16.4 Å². The maximum Gasteiger partial charge on any atom is 0.339 e. The maximum atomic E-state index is 16.3. The highest BCUT2D eigenvalue weighted by Crippen LogP contribution is 2.89. The number of piperidine rings is 3. The molecule has 338 valence electrons. The molecule has 7 aliphatic heterocycles. The first-order valence-corrected chi connectivity index (χ1v) is 26.6. The monoisotopic (exact) mass is 864 g/mol. The van der Waals surface area contributed by atoms with Gasteiger partial charge in [0.15, 0.2) is 11.4 Å². The average Bonchev–Trinajstić information content (AvgIpc) is 3.76. The fourth-order valence-corrected chi connectivity index (χ4v) is 20.8. The first kappa shape index (κ1) is 38.7. The minimum atomic E-state index is -1.12. The molecular weight excluding hydrogens is 795 g/mol. The van der Waals surface area contributed by atoms with Gasteiger partial charge >= 0.3 is 11.9 Å². The van der Waals surface area contributed by atoms with Crippen LogP contribution in [0.5, 0.6) is 0 Å². The van der Waals surface area contributed by atoms with Crippen LogP contribution in [-0.2, 0) is 26.3 Å². The SMILES string of the molecule is C[C@@H]1/C=C2/CC[C@@]34C[C@@H]2C2=C5CC[C@@]67/C(=C(\O)[C@@H]8CC[C@@H]9[C@H]%10C[C@@H](CN9[C@H]8C8CCCCC8)[C@@H]8CCC(=C([C@@H]53)N8C%10)C[C@@H]4C)OC(=O)[C@@]26[C@H](C1)[C@@]71OC(=O)c2c(CCCN)cccc21. The van der Waals surface area contributed by atoms with Gasteiger partial charge in [0.05, 0.1) is 11.0 Å². The molecule has 8 heteroatoms. The molecule has 15 rings (SSSR count). The second-order valence-corrected chi connectivity index (χ2v) is 24.5. The predicted molar refractivity (Wildman–Crippen MR) is 242 cm³/mol. The number of aliphatic hydroxyl groups is 1. The van der Waals surface area contributed by atoms with Crippen molar-refractivity contribution < 1.29 is 24.2 Å². The van der Waals surface area contributed by atoms with E-state index in [1.54, 1.807) is 22.4 Å². The molecule has 1 aromatic carbocycles. The minimum absolute atomic E-state index is 0.119. The van der Waals surface area contributed by atoms with Crippen LogP contribution in [-0.4, -0.2) is 64.6 Å². The Labute approximate surface area is 379 Å². The van der Waals surface area contributed by atoms with E-state index in [2.05, 4.69) is 47.9 Å². The number of benzene rings is 1. The number of hydrogen-bond donors (Lipinski definition) is 2. The van der Waals surface area contributed by atoms with Crippen LogP contribution < -0.4 is 5.73 Å². The Hall–Kier alpha value is -3.36. The van der Waals surface area contributed by atoms with Crippen LogP contribution in [0.2, 0.25) is 0 Å². The number of nitrogens with two attached hydrogens (primary N) is 1. The Morgan fingerprint density at radius 2 is 1.78 bits per heavy atom. The standard InChI is InChI=1S/C56H69N3O5/c1-29-22-33-17-19-53-26-39(33)45-37-18-20-54-50(63-52(62)55(45,54)43(23-29)56(54)40-12-6-10-31(11-7-21-57)44(40)51(61)64-56)49(60)38-14-16-42-36-25-35(27-58(42)47(38)32-8-4-3-5-9-32)41-15-13-34(24-30(53)2)48(46(37)53)59(41)28-36/h6,10,12,22,29-30,32,35-36,38-39,41-43,46-47,60H,3-5,7-9,11,13-21,23-28,57H2,1-2H3/b33-22-,50-49+/t29-,30+,35+,36+,38-,39+,41+,42-,43+,46-,47+,53+,54-,55-,56-/m1/s1. The summed E-state index contributed by atoms with van der Waals surface area (Å²) in [5, 5.41) is 13.8. The first-order valence-electron chi connectivity index (χ1n) is 26.6. The minimum Gasteiger partial charge on any atom is -0.508 e. The van der Waals surface area contributed by atoms with Crippen LogP contribution in [0.1, 0.15) is 151 Å². The third-order valence-corrected chi connectivity index (χ3v) is 22.6. The van der Waals surface area contributed by atoms with Crippen molar-refractivity contribution in [3.8, 4) is 0 Å². The van der Waals surface area contributed by atoms with Crippen LogP contribution in [0.4, 0.5) is 0 Å².